The quantitative estimate of drug-likeness (QED) is 0.481. The molecule has 3 N–H and O–H groups in total. The van der Waals surface area contributed by atoms with Crippen LogP contribution in [0.4, 0.5) is 5.69 Å². The summed E-state index contributed by atoms with van der Waals surface area (Å²) in [5.74, 6) is -1.00. The number of aromatic hydroxyl groups is 1. The third kappa shape index (κ3) is 3.88. The fraction of sp³-hybridized carbons (Fsp3) is 0.0500. The number of nitrogens with one attached hydrogen (secondary N) is 2. The number of nitrogens with zero attached hydrogens (tertiary/aromatic N) is 4. The van der Waals surface area contributed by atoms with Gasteiger partial charge in [0.2, 0.25) is 0 Å². The Bertz CT molecular complexity index is 1200. The van der Waals surface area contributed by atoms with Crippen LogP contribution in [0, 0.1) is 0 Å². The molecule has 3 heterocycles. The molecular weight excluding hydrogens is 372 g/mol. The molecule has 0 bridgehead atoms. The first-order valence-corrected chi connectivity index (χ1v) is 8.72. The van der Waals surface area contributed by atoms with E-state index in [1.807, 2.05) is 6.07 Å². The summed E-state index contributed by atoms with van der Waals surface area (Å²) in [4.78, 5) is 32.8. The molecule has 29 heavy (non-hydrogen) atoms. The van der Waals surface area contributed by atoms with Crippen molar-refractivity contribution in [2.45, 2.75) is 6.54 Å². The van der Waals surface area contributed by atoms with Crippen molar-refractivity contribution < 1.29 is 14.7 Å². The molecule has 0 spiro atoms. The van der Waals surface area contributed by atoms with E-state index in [-0.39, 0.29) is 23.9 Å². The van der Waals surface area contributed by atoms with Gasteiger partial charge in [0.25, 0.3) is 11.8 Å². The van der Waals surface area contributed by atoms with Crippen LogP contribution in [-0.2, 0) is 6.54 Å². The standard InChI is InChI=1S/C20H16N6O3/c27-16-7-2-8-21-17(16)20(29)25-14-5-1-4-13(10-14)11-22-19(28)15-6-3-9-26-18(15)23-12-24-26/h1-10,12,27H,11H2,(H,22,28)(H,25,29). The number of rotatable bonds is 5. The molecular formula is C20H16N6O3. The minimum Gasteiger partial charge on any atom is -0.505 e. The third-order valence-corrected chi connectivity index (χ3v) is 4.19. The molecule has 4 rings (SSSR count). The molecule has 3 aromatic heterocycles. The van der Waals surface area contributed by atoms with Gasteiger partial charge in [0.1, 0.15) is 12.1 Å². The number of hydrogen-bond acceptors (Lipinski definition) is 6. The molecule has 0 aliphatic carbocycles. The number of anilines is 1. The second kappa shape index (κ2) is 7.77. The Morgan fingerprint density at radius 1 is 1.03 bits per heavy atom. The molecule has 0 aliphatic heterocycles. The zero-order valence-electron chi connectivity index (χ0n) is 15.1. The Morgan fingerprint density at radius 3 is 2.79 bits per heavy atom. The maximum absolute atomic E-state index is 12.5. The molecule has 0 saturated heterocycles. The molecule has 0 saturated carbocycles. The van der Waals surface area contributed by atoms with Gasteiger partial charge in [0, 0.05) is 24.6 Å². The Kier molecular flexibility index (Phi) is 4.85. The number of amides is 2. The first kappa shape index (κ1) is 18.1. The fourth-order valence-corrected chi connectivity index (χ4v) is 2.82. The lowest BCUT2D eigenvalue weighted by Gasteiger charge is -2.09. The minimum atomic E-state index is -0.525. The van der Waals surface area contributed by atoms with Crippen LogP contribution in [0.2, 0.25) is 0 Å². The third-order valence-electron chi connectivity index (χ3n) is 4.19. The summed E-state index contributed by atoms with van der Waals surface area (Å²) in [6.45, 7) is 0.257. The van der Waals surface area contributed by atoms with Crippen molar-refractivity contribution in [3.05, 3.63) is 84.1 Å². The summed E-state index contributed by atoms with van der Waals surface area (Å²) in [5.41, 5.74) is 2.13. The van der Waals surface area contributed by atoms with Gasteiger partial charge < -0.3 is 15.7 Å². The Balaban J connectivity index is 1.44. The number of benzene rings is 1. The number of carbonyl (C=O) groups excluding carboxylic acids is 2. The predicted molar refractivity (Wildman–Crippen MR) is 104 cm³/mol. The van der Waals surface area contributed by atoms with Gasteiger partial charge in [-0.05, 0) is 42.0 Å². The van der Waals surface area contributed by atoms with Crippen molar-refractivity contribution >= 4 is 23.1 Å². The molecule has 144 valence electrons. The minimum absolute atomic E-state index is 0.0624. The van der Waals surface area contributed by atoms with E-state index in [9.17, 15) is 14.7 Å². The van der Waals surface area contributed by atoms with Crippen molar-refractivity contribution in [2.24, 2.45) is 0 Å². The van der Waals surface area contributed by atoms with Crippen LogP contribution in [0.15, 0.2) is 67.3 Å². The summed E-state index contributed by atoms with van der Waals surface area (Å²) in [7, 11) is 0. The van der Waals surface area contributed by atoms with E-state index in [2.05, 4.69) is 25.7 Å². The normalized spacial score (nSPS) is 10.6. The van der Waals surface area contributed by atoms with E-state index in [1.165, 1.54) is 29.2 Å². The average Bonchev–Trinajstić information content (AvgIpc) is 3.21. The average molecular weight is 388 g/mol. The lowest BCUT2D eigenvalue weighted by atomic mass is 10.2. The highest BCUT2D eigenvalue weighted by atomic mass is 16.3. The summed E-state index contributed by atoms with van der Waals surface area (Å²) in [6, 6.07) is 13.4. The monoisotopic (exact) mass is 388 g/mol. The zero-order chi connectivity index (χ0) is 20.2. The van der Waals surface area contributed by atoms with Gasteiger partial charge in [-0.25, -0.2) is 14.5 Å². The predicted octanol–water partition coefficient (Wildman–Crippen LogP) is 2.01. The molecule has 2 amide bonds. The van der Waals surface area contributed by atoms with E-state index in [0.717, 1.165) is 5.56 Å². The van der Waals surface area contributed by atoms with Crippen LogP contribution < -0.4 is 10.6 Å². The molecule has 0 fully saturated rings. The Morgan fingerprint density at radius 2 is 1.93 bits per heavy atom. The number of carbonyl (C=O) groups is 2. The van der Waals surface area contributed by atoms with Gasteiger partial charge in [-0.2, -0.15) is 5.10 Å². The molecule has 9 nitrogen and oxygen atoms in total. The van der Waals surface area contributed by atoms with E-state index in [0.29, 0.717) is 16.9 Å². The smallest absolute Gasteiger partial charge is 0.278 e. The number of pyridine rings is 2. The van der Waals surface area contributed by atoms with Crippen molar-refractivity contribution in [1.29, 1.82) is 0 Å². The lowest BCUT2D eigenvalue weighted by molar-refractivity contribution is 0.0950. The first-order valence-electron chi connectivity index (χ1n) is 8.72. The molecule has 9 heteroatoms. The van der Waals surface area contributed by atoms with E-state index in [1.54, 1.807) is 36.5 Å². The highest BCUT2D eigenvalue weighted by Crippen LogP contribution is 2.17. The molecule has 0 atom stereocenters. The number of aromatic nitrogens is 4. The summed E-state index contributed by atoms with van der Waals surface area (Å²) in [6.07, 6.45) is 4.53. The van der Waals surface area contributed by atoms with Gasteiger partial charge in [-0.1, -0.05) is 12.1 Å². The van der Waals surface area contributed by atoms with Crippen LogP contribution in [0.3, 0.4) is 0 Å². The van der Waals surface area contributed by atoms with Crippen LogP contribution in [0.25, 0.3) is 5.65 Å². The van der Waals surface area contributed by atoms with Crippen LogP contribution >= 0.6 is 0 Å². The van der Waals surface area contributed by atoms with Crippen molar-refractivity contribution in [1.82, 2.24) is 24.9 Å². The molecule has 1 aromatic carbocycles. The zero-order valence-corrected chi connectivity index (χ0v) is 15.1. The van der Waals surface area contributed by atoms with Gasteiger partial charge in [0.15, 0.2) is 11.3 Å². The van der Waals surface area contributed by atoms with Gasteiger partial charge >= 0.3 is 0 Å². The van der Waals surface area contributed by atoms with E-state index in [4.69, 9.17) is 0 Å². The van der Waals surface area contributed by atoms with E-state index < -0.39 is 5.91 Å². The first-order chi connectivity index (χ1) is 14.1. The van der Waals surface area contributed by atoms with Crippen LogP contribution in [0.5, 0.6) is 5.75 Å². The highest BCUT2D eigenvalue weighted by molar-refractivity contribution is 6.04. The summed E-state index contributed by atoms with van der Waals surface area (Å²) in [5, 5.41) is 19.3. The maximum atomic E-state index is 12.5. The number of hydrogen-bond donors (Lipinski definition) is 3. The Labute approximate surface area is 165 Å². The van der Waals surface area contributed by atoms with Crippen molar-refractivity contribution in [3.63, 3.8) is 0 Å². The second-order valence-electron chi connectivity index (χ2n) is 6.16. The number of fused-ring (bicyclic) bond motifs is 1. The van der Waals surface area contributed by atoms with Gasteiger partial charge in [-0.3, -0.25) is 9.59 Å². The second-order valence-corrected chi connectivity index (χ2v) is 6.16. The van der Waals surface area contributed by atoms with Gasteiger partial charge in [-0.15, -0.1) is 0 Å². The van der Waals surface area contributed by atoms with Gasteiger partial charge in [0.05, 0.1) is 5.56 Å². The summed E-state index contributed by atoms with van der Waals surface area (Å²) >= 11 is 0. The topological polar surface area (TPSA) is 122 Å². The van der Waals surface area contributed by atoms with E-state index >= 15 is 0 Å². The molecule has 0 radical (unpaired) electrons. The van der Waals surface area contributed by atoms with Crippen molar-refractivity contribution in [3.8, 4) is 5.75 Å². The Hall–Kier alpha value is -4.27. The SMILES string of the molecule is O=C(Nc1cccc(CNC(=O)c2cccn3ncnc23)c1)c1ncccc1O. The fourth-order valence-electron chi connectivity index (χ4n) is 2.82. The largest absolute Gasteiger partial charge is 0.505 e. The molecule has 4 aromatic rings. The molecule has 0 aliphatic rings. The highest BCUT2D eigenvalue weighted by Gasteiger charge is 2.14. The van der Waals surface area contributed by atoms with Crippen molar-refractivity contribution in [2.75, 3.05) is 5.32 Å². The summed E-state index contributed by atoms with van der Waals surface area (Å²) < 4.78 is 1.53. The molecule has 0 unspecified atom stereocenters. The maximum Gasteiger partial charge on any atom is 0.278 e. The van der Waals surface area contributed by atoms with Crippen LogP contribution in [-0.4, -0.2) is 36.5 Å². The van der Waals surface area contributed by atoms with Crippen LogP contribution in [0.1, 0.15) is 26.4 Å². The lowest BCUT2D eigenvalue weighted by Crippen LogP contribution is -2.23.